The quantitative estimate of drug-likeness (QED) is 0.471. The Hall–Kier alpha value is -3.53. The highest BCUT2D eigenvalue weighted by Crippen LogP contribution is 2.37. The van der Waals surface area contributed by atoms with Gasteiger partial charge in [0.2, 0.25) is 0 Å². The molecular weight excluding hydrogens is 414 g/mol. The van der Waals surface area contributed by atoms with Gasteiger partial charge in [-0.1, -0.05) is 12.1 Å². The Morgan fingerprint density at radius 3 is 2.42 bits per heavy atom. The number of nitrogens with zero attached hydrogens (tertiary/aromatic N) is 5. The van der Waals surface area contributed by atoms with E-state index in [9.17, 15) is 22.7 Å². The molecule has 2 atom stereocenters. The summed E-state index contributed by atoms with van der Waals surface area (Å²) in [6, 6.07) is 6.72. The molecule has 4 rings (SSSR count). The Morgan fingerprint density at radius 1 is 1.03 bits per heavy atom. The zero-order chi connectivity index (χ0) is 22.2. The number of benzene rings is 2. The summed E-state index contributed by atoms with van der Waals surface area (Å²) in [7, 11) is 0. The summed E-state index contributed by atoms with van der Waals surface area (Å²) in [5.74, 6) is -3.34. The van der Waals surface area contributed by atoms with Gasteiger partial charge < -0.3 is 5.11 Å². The number of rotatable bonds is 6. The average Bonchev–Trinajstić information content (AvgIpc) is 3.39. The van der Waals surface area contributed by atoms with Crippen LogP contribution in [0.3, 0.4) is 0 Å². The fourth-order valence-electron chi connectivity index (χ4n) is 3.49. The van der Waals surface area contributed by atoms with Gasteiger partial charge >= 0.3 is 0 Å². The lowest BCUT2D eigenvalue weighted by Crippen LogP contribution is -2.40. The van der Waals surface area contributed by atoms with E-state index in [-0.39, 0.29) is 23.4 Å². The van der Waals surface area contributed by atoms with Crippen molar-refractivity contribution in [1.29, 1.82) is 0 Å². The first-order valence-electron chi connectivity index (χ1n) is 9.29. The molecule has 6 nitrogen and oxygen atoms in total. The zero-order valence-electron chi connectivity index (χ0n) is 16.3. The van der Waals surface area contributed by atoms with Crippen LogP contribution in [0, 0.1) is 23.3 Å². The van der Waals surface area contributed by atoms with Gasteiger partial charge in [-0.05, 0) is 31.2 Å². The van der Waals surface area contributed by atoms with Crippen LogP contribution >= 0.6 is 0 Å². The average molecular weight is 431 g/mol. The second-order valence-electron chi connectivity index (χ2n) is 7.10. The molecule has 2 aromatic heterocycles. The van der Waals surface area contributed by atoms with E-state index < -0.39 is 34.9 Å². The second-order valence-corrected chi connectivity index (χ2v) is 7.10. The molecule has 0 spiro atoms. The third-order valence-electron chi connectivity index (χ3n) is 5.18. The van der Waals surface area contributed by atoms with E-state index in [0.29, 0.717) is 6.07 Å². The molecule has 1 N–H and O–H groups in total. The van der Waals surface area contributed by atoms with Crippen LogP contribution in [-0.4, -0.2) is 29.7 Å². The highest BCUT2D eigenvalue weighted by Gasteiger charge is 2.41. The summed E-state index contributed by atoms with van der Waals surface area (Å²) in [6.07, 6.45) is 4.00. The lowest BCUT2D eigenvalue weighted by molar-refractivity contribution is -0.0368. The monoisotopic (exact) mass is 431 g/mol. The van der Waals surface area contributed by atoms with Gasteiger partial charge in [-0.3, -0.25) is 4.68 Å². The van der Waals surface area contributed by atoms with E-state index in [2.05, 4.69) is 15.2 Å². The van der Waals surface area contributed by atoms with Gasteiger partial charge in [0.1, 0.15) is 41.5 Å². The first-order valence-corrected chi connectivity index (χ1v) is 9.29. The number of halogens is 4. The van der Waals surface area contributed by atoms with Crippen LogP contribution in [-0.2, 0) is 12.1 Å². The summed E-state index contributed by atoms with van der Waals surface area (Å²) in [5, 5.41) is 19.7. The molecule has 10 heteroatoms. The molecule has 0 bridgehead atoms. The lowest BCUT2D eigenvalue weighted by Gasteiger charge is -2.34. The lowest BCUT2D eigenvalue weighted by atomic mass is 9.86. The minimum absolute atomic E-state index is 0.00475. The van der Waals surface area contributed by atoms with Crippen LogP contribution in [0.5, 0.6) is 0 Å². The molecule has 2 heterocycles. The Kier molecular flexibility index (Phi) is 5.32. The number of hydrogen-bond acceptors (Lipinski definition) is 4. The van der Waals surface area contributed by atoms with Crippen molar-refractivity contribution >= 4 is 0 Å². The molecule has 4 aromatic rings. The number of aliphatic hydroxyl groups is 1. The zero-order valence-corrected chi connectivity index (χ0v) is 16.3. The molecule has 0 aliphatic carbocycles. The fourth-order valence-corrected chi connectivity index (χ4v) is 3.49. The highest BCUT2D eigenvalue weighted by molar-refractivity contribution is 5.60. The van der Waals surface area contributed by atoms with Crippen LogP contribution in [0.25, 0.3) is 11.3 Å². The van der Waals surface area contributed by atoms with Crippen LogP contribution in [0.4, 0.5) is 17.6 Å². The van der Waals surface area contributed by atoms with Crippen molar-refractivity contribution in [3.05, 3.63) is 90.1 Å². The van der Waals surface area contributed by atoms with E-state index in [1.807, 2.05) is 0 Å². The van der Waals surface area contributed by atoms with Crippen molar-refractivity contribution in [2.45, 2.75) is 25.1 Å². The van der Waals surface area contributed by atoms with E-state index in [4.69, 9.17) is 0 Å². The Labute approximate surface area is 174 Å². The summed E-state index contributed by atoms with van der Waals surface area (Å²) < 4.78 is 59.0. The summed E-state index contributed by atoms with van der Waals surface area (Å²) >= 11 is 0. The normalized spacial score (nSPS) is 14.4. The molecule has 0 radical (unpaired) electrons. The van der Waals surface area contributed by atoms with Gasteiger partial charge in [0.25, 0.3) is 0 Å². The van der Waals surface area contributed by atoms with E-state index >= 15 is 0 Å². The molecule has 0 amide bonds. The molecule has 0 fully saturated rings. The van der Waals surface area contributed by atoms with Gasteiger partial charge in [0, 0.05) is 17.8 Å². The van der Waals surface area contributed by atoms with E-state index in [1.165, 1.54) is 40.3 Å². The maximum absolute atomic E-state index is 14.7. The molecule has 160 valence electrons. The Balaban J connectivity index is 1.78. The van der Waals surface area contributed by atoms with Gasteiger partial charge in [0.15, 0.2) is 0 Å². The molecule has 0 saturated carbocycles. The van der Waals surface area contributed by atoms with Crippen molar-refractivity contribution in [3.63, 3.8) is 0 Å². The Morgan fingerprint density at radius 2 is 1.77 bits per heavy atom. The maximum Gasteiger partial charge on any atom is 0.137 e. The molecule has 0 saturated heterocycles. The van der Waals surface area contributed by atoms with Crippen molar-refractivity contribution in [3.8, 4) is 11.3 Å². The maximum atomic E-state index is 14.7. The smallest absolute Gasteiger partial charge is 0.137 e. The van der Waals surface area contributed by atoms with Crippen LogP contribution in [0.15, 0.2) is 61.3 Å². The summed E-state index contributed by atoms with van der Waals surface area (Å²) in [4.78, 5) is 3.81. The third-order valence-corrected chi connectivity index (χ3v) is 5.18. The predicted octanol–water partition coefficient (Wildman–Crippen LogP) is 3.85. The van der Waals surface area contributed by atoms with Crippen LogP contribution in [0.2, 0.25) is 0 Å². The molecule has 0 unspecified atom stereocenters. The SMILES string of the molecule is C[C@@H](n1ccc(-c2c(F)cccc2F)n1)[C@](O)(Cn1cncn1)c1ccc(F)cc1F. The van der Waals surface area contributed by atoms with Crippen LogP contribution in [0.1, 0.15) is 18.5 Å². The van der Waals surface area contributed by atoms with Crippen molar-refractivity contribution in [2.24, 2.45) is 0 Å². The van der Waals surface area contributed by atoms with Crippen molar-refractivity contribution < 1.29 is 22.7 Å². The predicted molar refractivity (Wildman–Crippen MR) is 103 cm³/mol. The van der Waals surface area contributed by atoms with Gasteiger partial charge in [0.05, 0.1) is 23.8 Å². The van der Waals surface area contributed by atoms with Gasteiger partial charge in [-0.15, -0.1) is 0 Å². The van der Waals surface area contributed by atoms with E-state index in [0.717, 1.165) is 24.3 Å². The van der Waals surface area contributed by atoms with Crippen LogP contribution < -0.4 is 0 Å². The summed E-state index contributed by atoms with van der Waals surface area (Å²) in [6.45, 7) is 1.31. The minimum Gasteiger partial charge on any atom is -0.381 e. The topological polar surface area (TPSA) is 68.8 Å². The fraction of sp³-hybridized carbons (Fsp3) is 0.190. The first kappa shape index (κ1) is 20.7. The summed E-state index contributed by atoms with van der Waals surface area (Å²) in [5.41, 5.74) is -2.46. The Bertz CT molecular complexity index is 1190. The third kappa shape index (κ3) is 3.81. The molecule has 0 aliphatic heterocycles. The molecule has 0 aliphatic rings. The van der Waals surface area contributed by atoms with Gasteiger partial charge in [-0.2, -0.15) is 10.2 Å². The first-order chi connectivity index (χ1) is 14.8. The molecular formula is C21H17F4N5O. The highest BCUT2D eigenvalue weighted by atomic mass is 19.1. The van der Waals surface area contributed by atoms with E-state index in [1.54, 1.807) is 6.92 Å². The van der Waals surface area contributed by atoms with Gasteiger partial charge in [-0.25, -0.2) is 27.2 Å². The van der Waals surface area contributed by atoms with Crippen molar-refractivity contribution in [2.75, 3.05) is 0 Å². The number of aromatic nitrogens is 5. The largest absolute Gasteiger partial charge is 0.381 e. The van der Waals surface area contributed by atoms with Crippen molar-refractivity contribution in [1.82, 2.24) is 24.5 Å². The molecule has 2 aromatic carbocycles. The standard InChI is InChI=1S/C21H17F4N5O/c1-13(30-8-7-19(28-30)20-16(23)3-2-4-17(20)24)21(31,10-29-12-26-11-27-29)15-6-5-14(22)9-18(15)25/h2-9,11-13,31H,10H2,1H3/t13-,21-/m1/s1. The molecule has 31 heavy (non-hydrogen) atoms. The number of hydrogen-bond donors (Lipinski definition) is 1. The second kappa shape index (κ2) is 7.95. The minimum atomic E-state index is -1.96.